The lowest BCUT2D eigenvalue weighted by atomic mass is 9.98. The van der Waals surface area contributed by atoms with E-state index >= 15 is 0 Å². The Hall–Kier alpha value is -1.47. The third kappa shape index (κ3) is 2.23. The summed E-state index contributed by atoms with van der Waals surface area (Å²) in [5.74, 6) is -1.40. The van der Waals surface area contributed by atoms with E-state index in [0.29, 0.717) is 18.5 Å². The highest BCUT2D eigenvalue weighted by Gasteiger charge is 2.37. The molecule has 0 unspecified atom stereocenters. The summed E-state index contributed by atoms with van der Waals surface area (Å²) in [5, 5.41) is 11.9. The second-order valence-electron chi connectivity index (χ2n) is 4.59. The molecule has 18 heavy (non-hydrogen) atoms. The van der Waals surface area contributed by atoms with Crippen molar-refractivity contribution in [2.75, 3.05) is 5.32 Å². The number of anilines is 1. The Morgan fingerprint density at radius 2 is 2.06 bits per heavy atom. The van der Waals surface area contributed by atoms with Crippen molar-refractivity contribution in [3.63, 3.8) is 0 Å². The molecule has 0 saturated heterocycles. The maximum atomic E-state index is 12.1. The Kier molecular flexibility index (Phi) is 3.36. The monoisotopic (exact) mass is 269 g/mol. The fraction of sp³-hybridized carbons (Fsp3) is 0.545. The number of carbonyl (C=O) groups excluding carboxylic acids is 1. The molecule has 2 rings (SSSR count). The van der Waals surface area contributed by atoms with Crippen LogP contribution in [0.3, 0.4) is 0 Å². The molecule has 0 aromatic carbocycles. The van der Waals surface area contributed by atoms with E-state index in [1.165, 1.54) is 0 Å². The Labute approximate surface area is 108 Å². The Balaban J connectivity index is 2.19. The normalized spacial score (nSPS) is 17.7. The van der Waals surface area contributed by atoms with Crippen LogP contribution in [0.15, 0.2) is 0 Å². The number of aromatic nitrogens is 1. The van der Waals surface area contributed by atoms with Gasteiger partial charge in [-0.15, -0.1) is 0 Å². The Morgan fingerprint density at radius 3 is 2.61 bits per heavy atom. The molecule has 1 aromatic heterocycles. The minimum Gasteiger partial charge on any atom is -0.478 e. The third-order valence-electron chi connectivity index (χ3n) is 3.25. The highest BCUT2D eigenvalue weighted by molar-refractivity contribution is 7.11. The quantitative estimate of drug-likeness (QED) is 0.768. The minimum absolute atomic E-state index is 0.0509. The van der Waals surface area contributed by atoms with Crippen molar-refractivity contribution in [2.24, 2.45) is 5.73 Å². The van der Waals surface area contributed by atoms with Crippen molar-refractivity contribution in [3.05, 3.63) is 11.3 Å². The standard InChI is InChI=1S/C11H15N3O3S/c1-6-7(9(15)16)8(18-14-6)13-10(17)11(12)4-2-3-5-11/h2-5,12H2,1H3,(H,13,17)(H,15,16). The largest absolute Gasteiger partial charge is 0.478 e. The molecule has 1 aromatic rings. The van der Waals surface area contributed by atoms with E-state index in [9.17, 15) is 9.59 Å². The number of hydrogen-bond donors (Lipinski definition) is 3. The predicted molar refractivity (Wildman–Crippen MR) is 67.8 cm³/mol. The molecule has 1 aliphatic carbocycles. The molecule has 7 heteroatoms. The first-order valence-electron chi connectivity index (χ1n) is 5.74. The van der Waals surface area contributed by atoms with Crippen LogP contribution in [0.25, 0.3) is 0 Å². The second kappa shape index (κ2) is 4.66. The van der Waals surface area contributed by atoms with Crippen LogP contribution in [0.5, 0.6) is 0 Å². The maximum absolute atomic E-state index is 12.1. The zero-order chi connectivity index (χ0) is 13.3. The number of amides is 1. The lowest BCUT2D eigenvalue weighted by Gasteiger charge is -2.21. The number of aromatic carboxylic acids is 1. The van der Waals surface area contributed by atoms with E-state index in [1.807, 2.05) is 0 Å². The van der Waals surface area contributed by atoms with Crippen LogP contribution in [-0.2, 0) is 4.79 Å². The van der Waals surface area contributed by atoms with Crippen molar-refractivity contribution in [3.8, 4) is 0 Å². The summed E-state index contributed by atoms with van der Waals surface area (Å²) in [6, 6.07) is 0. The molecule has 1 amide bonds. The van der Waals surface area contributed by atoms with Gasteiger partial charge in [-0.05, 0) is 31.3 Å². The molecule has 0 bridgehead atoms. The molecule has 98 valence electrons. The molecule has 1 fully saturated rings. The Morgan fingerprint density at radius 1 is 1.44 bits per heavy atom. The summed E-state index contributed by atoms with van der Waals surface area (Å²) in [5.41, 5.74) is 5.59. The average molecular weight is 269 g/mol. The van der Waals surface area contributed by atoms with Crippen molar-refractivity contribution < 1.29 is 14.7 Å². The zero-order valence-electron chi connectivity index (χ0n) is 10.0. The van der Waals surface area contributed by atoms with Crippen LogP contribution in [0.1, 0.15) is 41.7 Å². The van der Waals surface area contributed by atoms with Gasteiger partial charge in [0.25, 0.3) is 0 Å². The molecule has 4 N–H and O–H groups in total. The van der Waals surface area contributed by atoms with Crippen molar-refractivity contribution >= 4 is 28.4 Å². The van der Waals surface area contributed by atoms with Crippen LogP contribution in [0.2, 0.25) is 0 Å². The van der Waals surface area contributed by atoms with Gasteiger partial charge in [-0.2, -0.15) is 4.37 Å². The van der Waals surface area contributed by atoms with Crippen molar-refractivity contribution in [1.82, 2.24) is 4.37 Å². The molecule has 0 atom stereocenters. The first-order chi connectivity index (χ1) is 8.44. The van der Waals surface area contributed by atoms with E-state index < -0.39 is 11.5 Å². The van der Waals surface area contributed by atoms with Crippen LogP contribution in [-0.4, -0.2) is 26.9 Å². The first-order valence-corrected chi connectivity index (χ1v) is 6.51. The highest BCUT2D eigenvalue weighted by atomic mass is 32.1. The molecular weight excluding hydrogens is 254 g/mol. The molecular formula is C11H15N3O3S. The summed E-state index contributed by atoms with van der Waals surface area (Å²) in [6.45, 7) is 1.60. The van der Waals surface area contributed by atoms with Gasteiger partial charge in [0.05, 0.1) is 11.2 Å². The summed E-state index contributed by atoms with van der Waals surface area (Å²) in [4.78, 5) is 23.1. The van der Waals surface area contributed by atoms with Crippen molar-refractivity contribution in [1.29, 1.82) is 0 Å². The van der Waals surface area contributed by atoms with Crippen LogP contribution >= 0.6 is 11.5 Å². The van der Waals surface area contributed by atoms with E-state index in [4.69, 9.17) is 10.8 Å². The minimum atomic E-state index is -1.09. The molecule has 0 radical (unpaired) electrons. The fourth-order valence-electron chi connectivity index (χ4n) is 2.17. The number of rotatable bonds is 3. The van der Waals surface area contributed by atoms with Gasteiger partial charge in [0.15, 0.2) is 0 Å². The van der Waals surface area contributed by atoms with Crippen LogP contribution in [0.4, 0.5) is 5.00 Å². The summed E-state index contributed by atoms with van der Waals surface area (Å²) in [7, 11) is 0. The Bertz CT molecular complexity index is 492. The smallest absolute Gasteiger partial charge is 0.340 e. The summed E-state index contributed by atoms with van der Waals surface area (Å²) < 4.78 is 3.95. The topological polar surface area (TPSA) is 105 Å². The van der Waals surface area contributed by atoms with Gasteiger partial charge in [-0.3, -0.25) is 4.79 Å². The van der Waals surface area contributed by atoms with Crippen LogP contribution in [0, 0.1) is 6.92 Å². The molecule has 0 spiro atoms. The predicted octanol–water partition coefficient (Wildman–Crippen LogP) is 1.36. The number of nitrogens with zero attached hydrogens (tertiary/aromatic N) is 1. The number of hydrogen-bond acceptors (Lipinski definition) is 5. The molecule has 6 nitrogen and oxygen atoms in total. The summed E-state index contributed by atoms with van der Waals surface area (Å²) in [6.07, 6.45) is 3.13. The van der Waals surface area contributed by atoms with Gasteiger partial charge in [-0.1, -0.05) is 12.8 Å². The lowest BCUT2D eigenvalue weighted by Crippen LogP contribution is -2.48. The first kappa shape index (κ1) is 13.0. The number of nitrogens with one attached hydrogen (secondary N) is 1. The fourth-order valence-corrected chi connectivity index (χ4v) is 2.95. The van der Waals surface area contributed by atoms with Gasteiger partial charge in [0.1, 0.15) is 10.6 Å². The third-order valence-corrected chi connectivity index (χ3v) is 4.11. The van der Waals surface area contributed by atoms with E-state index in [1.54, 1.807) is 6.92 Å². The molecule has 1 saturated carbocycles. The van der Waals surface area contributed by atoms with Gasteiger partial charge < -0.3 is 16.2 Å². The van der Waals surface area contributed by atoms with Crippen molar-refractivity contribution in [2.45, 2.75) is 38.1 Å². The SMILES string of the molecule is Cc1nsc(NC(=O)C2(N)CCCC2)c1C(=O)O. The van der Waals surface area contributed by atoms with E-state index in [2.05, 4.69) is 9.69 Å². The van der Waals surface area contributed by atoms with Crippen LogP contribution < -0.4 is 11.1 Å². The number of nitrogens with two attached hydrogens (primary N) is 1. The highest BCUT2D eigenvalue weighted by Crippen LogP contribution is 2.30. The van der Waals surface area contributed by atoms with E-state index in [0.717, 1.165) is 24.4 Å². The van der Waals surface area contributed by atoms with E-state index in [-0.39, 0.29) is 16.5 Å². The number of carboxylic acid groups (broad SMARTS) is 1. The maximum Gasteiger partial charge on any atom is 0.340 e. The van der Waals surface area contributed by atoms with Gasteiger partial charge in [0, 0.05) is 0 Å². The summed E-state index contributed by atoms with van der Waals surface area (Å²) >= 11 is 0.972. The zero-order valence-corrected chi connectivity index (χ0v) is 10.8. The molecule has 1 heterocycles. The number of carboxylic acids is 1. The average Bonchev–Trinajstić information content (AvgIpc) is 2.86. The molecule has 1 aliphatic rings. The van der Waals surface area contributed by atoms with Gasteiger partial charge in [-0.25, -0.2) is 4.79 Å². The number of aryl methyl sites for hydroxylation is 1. The van der Waals surface area contributed by atoms with Gasteiger partial charge >= 0.3 is 5.97 Å². The second-order valence-corrected chi connectivity index (χ2v) is 5.37. The van der Waals surface area contributed by atoms with Gasteiger partial charge in [0.2, 0.25) is 5.91 Å². The molecule has 0 aliphatic heterocycles. The lowest BCUT2D eigenvalue weighted by molar-refractivity contribution is -0.120. The number of carbonyl (C=O) groups is 2.